The third-order valence-corrected chi connectivity index (χ3v) is 9.18. The van der Waals surface area contributed by atoms with Gasteiger partial charge in [0.25, 0.3) is 0 Å². The second kappa shape index (κ2) is 12.1. The molecular weight excluding hydrogens is 524 g/mol. The largest absolute Gasteiger partial charge is 0.508 e. The van der Waals surface area contributed by atoms with Crippen molar-refractivity contribution in [2.24, 2.45) is 5.92 Å². The number of carbonyl (C=O) groups excluding carboxylic acids is 2. The molecule has 2 aromatic rings. The Morgan fingerprint density at radius 2 is 1.74 bits per heavy atom. The molecule has 0 unspecified atom stereocenters. The van der Waals surface area contributed by atoms with Crippen LogP contribution in [0.3, 0.4) is 0 Å². The highest BCUT2D eigenvalue weighted by atomic mass is 32.2. The summed E-state index contributed by atoms with van der Waals surface area (Å²) in [7, 11) is -4.08. The lowest BCUT2D eigenvalue weighted by Crippen LogP contribution is -2.51. The number of phenolic OH excluding ortho intramolecular Hbond substituents is 1. The van der Waals surface area contributed by atoms with Gasteiger partial charge in [-0.1, -0.05) is 18.2 Å². The van der Waals surface area contributed by atoms with Crippen LogP contribution in [0.4, 0.5) is 5.69 Å². The Hall–Kier alpha value is -3.48. The molecule has 2 heterocycles. The summed E-state index contributed by atoms with van der Waals surface area (Å²) in [5.41, 5.74) is 1.76. The zero-order valence-electron chi connectivity index (χ0n) is 21.7. The number of nitrogens with one attached hydrogen (secondary N) is 3. The zero-order valence-corrected chi connectivity index (χ0v) is 22.5. The summed E-state index contributed by atoms with van der Waals surface area (Å²) in [5.74, 6) is -2.20. The van der Waals surface area contributed by atoms with Crippen molar-refractivity contribution in [1.29, 1.82) is 0 Å². The van der Waals surface area contributed by atoms with Crippen LogP contribution in [0.1, 0.15) is 36.8 Å². The second-order valence-corrected chi connectivity index (χ2v) is 11.9. The van der Waals surface area contributed by atoms with Gasteiger partial charge in [0.2, 0.25) is 21.8 Å². The first-order valence-electron chi connectivity index (χ1n) is 13.0. The maximum Gasteiger partial charge on any atom is 0.326 e. The van der Waals surface area contributed by atoms with E-state index in [-0.39, 0.29) is 41.9 Å². The summed E-state index contributed by atoms with van der Waals surface area (Å²) >= 11 is 0. The SMILES string of the molecule is Cc1ccc(S(=O)(=O)N2CCC[C@H]2C(=O)N[C@@H](Cc2ccc(NC(=O)C3CCNCC3)cc2)C(=O)O)cc1O. The molecule has 11 nitrogen and oxygen atoms in total. The molecule has 2 amide bonds. The van der Waals surface area contributed by atoms with Gasteiger partial charge in [0.1, 0.15) is 17.8 Å². The summed E-state index contributed by atoms with van der Waals surface area (Å²) in [6, 6.07) is 8.43. The van der Waals surface area contributed by atoms with E-state index in [0.29, 0.717) is 23.2 Å². The van der Waals surface area contributed by atoms with Crippen LogP contribution in [0.5, 0.6) is 5.75 Å². The molecule has 2 aromatic carbocycles. The number of hydrogen-bond acceptors (Lipinski definition) is 7. The van der Waals surface area contributed by atoms with Gasteiger partial charge in [-0.3, -0.25) is 9.59 Å². The number of phenols is 1. The first kappa shape index (κ1) is 28.5. The van der Waals surface area contributed by atoms with Crippen LogP contribution < -0.4 is 16.0 Å². The molecule has 0 bridgehead atoms. The Bertz CT molecular complexity index is 1320. The number of rotatable bonds is 9. The van der Waals surface area contributed by atoms with Crippen molar-refractivity contribution in [3.05, 3.63) is 53.6 Å². The Morgan fingerprint density at radius 3 is 2.38 bits per heavy atom. The number of aryl methyl sites for hydroxylation is 1. The van der Waals surface area contributed by atoms with E-state index < -0.39 is 34.0 Å². The zero-order chi connectivity index (χ0) is 28.2. The van der Waals surface area contributed by atoms with Crippen LogP contribution >= 0.6 is 0 Å². The molecule has 0 radical (unpaired) electrons. The van der Waals surface area contributed by atoms with Gasteiger partial charge in [0.15, 0.2) is 0 Å². The predicted octanol–water partition coefficient (Wildman–Crippen LogP) is 1.60. The molecule has 12 heteroatoms. The second-order valence-electron chi connectivity index (χ2n) is 10.0. The summed E-state index contributed by atoms with van der Waals surface area (Å²) in [4.78, 5) is 37.4. The Balaban J connectivity index is 1.40. The van der Waals surface area contributed by atoms with E-state index in [9.17, 15) is 33.0 Å². The molecule has 0 aromatic heterocycles. The summed E-state index contributed by atoms with van der Waals surface area (Å²) < 4.78 is 27.5. The minimum absolute atomic E-state index is 0.0189. The summed E-state index contributed by atoms with van der Waals surface area (Å²) in [6.45, 7) is 3.36. The molecule has 2 atom stereocenters. The van der Waals surface area contributed by atoms with Crippen LogP contribution in [0.25, 0.3) is 0 Å². The van der Waals surface area contributed by atoms with Crippen LogP contribution in [0.15, 0.2) is 47.4 Å². The van der Waals surface area contributed by atoms with Gasteiger partial charge < -0.3 is 26.2 Å². The van der Waals surface area contributed by atoms with Crippen LogP contribution in [-0.2, 0) is 30.8 Å². The number of amides is 2. The molecule has 2 fully saturated rings. The lowest BCUT2D eigenvalue weighted by molar-refractivity contribution is -0.142. The van der Waals surface area contributed by atoms with Gasteiger partial charge in [-0.15, -0.1) is 0 Å². The molecule has 4 rings (SSSR count). The molecule has 39 heavy (non-hydrogen) atoms. The van der Waals surface area contributed by atoms with Crippen molar-refractivity contribution >= 4 is 33.5 Å². The van der Waals surface area contributed by atoms with Crippen molar-refractivity contribution in [2.75, 3.05) is 25.0 Å². The molecule has 2 aliphatic heterocycles. The number of hydrogen-bond donors (Lipinski definition) is 5. The van der Waals surface area contributed by atoms with Crippen molar-refractivity contribution in [1.82, 2.24) is 14.9 Å². The minimum Gasteiger partial charge on any atom is -0.508 e. The van der Waals surface area contributed by atoms with Crippen molar-refractivity contribution in [2.45, 2.75) is 56.0 Å². The summed E-state index contributed by atoms with van der Waals surface area (Å²) in [5, 5.41) is 28.4. The molecule has 0 saturated carbocycles. The normalized spacial score (nSPS) is 19.4. The van der Waals surface area contributed by atoms with Gasteiger partial charge >= 0.3 is 5.97 Å². The lowest BCUT2D eigenvalue weighted by Gasteiger charge is -2.25. The van der Waals surface area contributed by atoms with E-state index in [2.05, 4.69) is 16.0 Å². The maximum atomic E-state index is 13.2. The number of aromatic hydroxyl groups is 1. The molecular formula is C27H34N4O7S. The molecule has 5 N–H and O–H groups in total. The van der Waals surface area contributed by atoms with E-state index >= 15 is 0 Å². The standard InChI is InChI=1S/C27H34N4O7S/c1-17-4-9-21(16-24(17)32)39(37,38)31-14-2-3-23(31)26(34)30-22(27(35)36)15-18-5-7-20(8-6-18)29-25(33)19-10-12-28-13-11-19/h4-9,16,19,22-23,28,32H,2-3,10-15H2,1H3,(H,29,33)(H,30,34)(H,35,36)/t22-,23-/m0/s1. The number of aliphatic carboxylic acids is 1. The number of carbonyl (C=O) groups is 3. The lowest BCUT2D eigenvalue weighted by atomic mass is 9.97. The van der Waals surface area contributed by atoms with Crippen molar-refractivity contribution < 1.29 is 33.0 Å². The van der Waals surface area contributed by atoms with E-state index in [1.165, 1.54) is 12.1 Å². The summed E-state index contributed by atoms with van der Waals surface area (Å²) in [6.07, 6.45) is 2.22. The fourth-order valence-electron chi connectivity index (χ4n) is 4.93. The van der Waals surface area contributed by atoms with Crippen LogP contribution in [-0.4, -0.2) is 72.4 Å². The fraction of sp³-hybridized carbons (Fsp3) is 0.444. The number of anilines is 1. The quantitative estimate of drug-likeness (QED) is 0.310. The van der Waals surface area contributed by atoms with E-state index in [0.717, 1.165) is 36.3 Å². The van der Waals surface area contributed by atoms with E-state index in [1.54, 1.807) is 31.2 Å². The smallest absolute Gasteiger partial charge is 0.326 e. The van der Waals surface area contributed by atoms with Crippen molar-refractivity contribution in [3.8, 4) is 5.75 Å². The predicted molar refractivity (Wildman–Crippen MR) is 144 cm³/mol. The monoisotopic (exact) mass is 558 g/mol. The maximum absolute atomic E-state index is 13.2. The fourth-order valence-corrected chi connectivity index (χ4v) is 6.61. The highest BCUT2D eigenvalue weighted by Crippen LogP contribution is 2.29. The Morgan fingerprint density at radius 1 is 1.05 bits per heavy atom. The third-order valence-electron chi connectivity index (χ3n) is 7.28. The molecule has 2 aliphatic rings. The van der Waals surface area contributed by atoms with E-state index in [1.807, 2.05) is 0 Å². The first-order chi connectivity index (χ1) is 18.6. The molecule has 2 saturated heterocycles. The first-order valence-corrected chi connectivity index (χ1v) is 14.5. The van der Waals surface area contributed by atoms with Crippen LogP contribution in [0, 0.1) is 12.8 Å². The van der Waals surface area contributed by atoms with Gasteiger partial charge in [-0.05, 0) is 75.0 Å². The highest BCUT2D eigenvalue weighted by molar-refractivity contribution is 7.89. The van der Waals surface area contributed by atoms with E-state index in [4.69, 9.17) is 0 Å². The van der Waals surface area contributed by atoms with Crippen molar-refractivity contribution in [3.63, 3.8) is 0 Å². The van der Waals surface area contributed by atoms with Gasteiger partial charge in [-0.2, -0.15) is 4.31 Å². The Labute approximate surface area is 227 Å². The molecule has 0 spiro atoms. The minimum atomic E-state index is -4.08. The highest BCUT2D eigenvalue weighted by Gasteiger charge is 2.40. The van der Waals surface area contributed by atoms with Crippen LogP contribution in [0.2, 0.25) is 0 Å². The van der Waals surface area contributed by atoms with Gasteiger partial charge in [0, 0.05) is 30.6 Å². The average molecular weight is 559 g/mol. The molecule has 0 aliphatic carbocycles. The number of benzene rings is 2. The topological polar surface area (TPSA) is 165 Å². The Kier molecular flexibility index (Phi) is 8.88. The number of piperidine rings is 1. The molecule has 210 valence electrons. The number of nitrogens with zero attached hydrogens (tertiary/aromatic N) is 1. The van der Waals surface area contributed by atoms with Gasteiger partial charge in [-0.25, -0.2) is 13.2 Å². The third kappa shape index (κ3) is 6.75. The average Bonchev–Trinajstić information content (AvgIpc) is 3.42. The number of carboxylic acids is 1. The number of sulfonamides is 1. The van der Waals surface area contributed by atoms with Gasteiger partial charge in [0.05, 0.1) is 4.90 Å². The number of carboxylic acid groups (broad SMARTS) is 1.